The number of rotatable bonds is 0. The van der Waals surface area contributed by atoms with Gasteiger partial charge in [0.05, 0.1) is 0 Å². The summed E-state index contributed by atoms with van der Waals surface area (Å²) in [7, 11) is 0. The Morgan fingerprint density at radius 2 is 1.20 bits per heavy atom. The molecule has 0 unspecified atom stereocenters. The molecule has 5 heavy (non-hydrogen) atoms. The highest BCUT2D eigenvalue weighted by Gasteiger charge is 1.28. The van der Waals surface area contributed by atoms with Gasteiger partial charge in [0.2, 0.25) is 0 Å². The van der Waals surface area contributed by atoms with Crippen molar-refractivity contribution in [1.82, 2.24) is 6.15 Å². The summed E-state index contributed by atoms with van der Waals surface area (Å²) in [6.45, 7) is 0. The fourth-order valence-corrected chi connectivity index (χ4v) is 0. The van der Waals surface area contributed by atoms with Crippen LogP contribution in [-0.4, -0.2) is 0 Å². The minimum absolute atomic E-state index is 0. The van der Waals surface area contributed by atoms with Gasteiger partial charge in [0.1, 0.15) is 0 Å². The Morgan fingerprint density at radius 3 is 1.20 bits per heavy atom. The molecule has 0 rings (SSSR count). The molecule has 0 aromatic rings. The zero-order valence-corrected chi connectivity index (χ0v) is 2.76. The molecule has 0 radical (unpaired) electrons. The summed E-state index contributed by atoms with van der Waals surface area (Å²) in [5, 5.41) is 5.28. The third-order valence-electron chi connectivity index (χ3n) is 0.0667. The molecule has 5 nitrogen and oxygen atoms in total. The molecule has 0 aliphatic heterocycles. The second kappa shape index (κ2) is 11.0. The second-order valence-corrected chi connectivity index (χ2v) is 0.231. The van der Waals surface area contributed by atoms with Gasteiger partial charge in [0.25, 0.3) is 0 Å². The van der Waals surface area contributed by atoms with Crippen LogP contribution in [0.5, 0.6) is 0 Å². The van der Waals surface area contributed by atoms with E-state index in [2.05, 4.69) is 22.1 Å². The molecule has 0 atom stereocenters. The summed E-state index contributed by atoms with van der Waals surface area (Å²) >= 11 is 0. The van der Waals surface area contributed by atoms with Gasteiger partial charge in [0, 0.05) is 0 Å². The molecular formula is H7N5. The van der Waals surface area contributed by atoms with E-state index >= 15 is 0 Å². The van der Waals surface area contributed by atoms with E-state index < -0.39 is 0 Å². The second-order valence-electron chi connectivity index (χ2n) is 0.231. The van der Waals surface area contributed by atoms with Crippen LogP contribution in [-0.2, 0) is 0 Å². The smallest absolute Gasteiger partial charge is 0.0594 e. The normalized spacial score (nSPS) is 7.20. The molecule has 7 N–H and O–H groups in total. The van der Waals surface area contributed by atoms with Gasteiger partial charge in [-0.3, -0.25) is 0 Å². The lowest BCUT2D eigenvalue weighted by atomic mass is 12.6. The molecule has 32 valence electrons. The Balaban J connectivity index is 0. The largest absolute Gasteiger partial charge is 0.344 e. The van der Waals surface area contributed by atoms with E-state index in [4.69, 9.17) is 0 Å². The van der Waals surface area contributed by atoms with Gasteiger partial charge < -0.3 is 17.8 Å². The van der Waals surface area contributed by atoms with E-state index in [9.17, 15) is 0 Å². The third kappa shape index (κ3) is 166. The summed E-state index contributed by atoms with van der Waals surface area (Å²) in [5.41, 5.74) is 0. The SMILES string of the molecule is N.NN=NN. The van der Waals surface area contributed by atoms with Gasteiger partial charge in [-0.15, -0.1) is 0 Å². The van der Waals surface area contributed by atoms with Crippen molar-refractivity contribution in [3.05, 3.63) is 0 Å². The summed E-state index contributed by atoms with van der Waals surface area (Å²) in [5.74, 6) is 8.72. The minimum atomic E-state index is 0. The highest BCUT2D eigenvalue weighted by Crippen LogP contribution is 1.32. The van der Waals surface area contributed by atoms with E-state index in [1.807, 2.05) is 0 Å². The zero-order valence-electron chi connectivity index (χ0n) is 2.76. The maximum atomic E-state index is 4.36. The van der Waals surface area contributed by atoms with Crippen molar-refractivity contribution >= 4 is 0 Å². The van der Waals surface area contributed by atoms with Gasteiger partial charge in [-0.05, 0) is 0 Å². The molecule has 0 aliphatic rings. The molecule has 5 heteroatoms. The van der Waals surface area contributed by atoms with Gasteiger partial charge >= 0.3 is 0 Å². The predicted octanol–water partition coefficient (Wildman–Crippen LogP) is -0.652. The molecule has 0 spiro atoms. The quantitative estimate of drug-likeness (QED) is 0.203. The highest BCUT2D eigenvalue weighted by molar-refractivity contribution is 3.79. The summed E-state index contributed by atoms with van der Waals surface area (Å²) < 4.78 is 0. The summed E-state index contributed by atoms with van der Waals surface area (Å²) in [6, 6.07) is 0. The molecular weight excluding hydrogens is 70.0 g/mol. The van der Waals surface area contributed by atoms with E-state index in [0.717, 1.165) is 0 Å². The van der Waals surface area contributed by atoms with Crippen LogP contribution in [0.1, 0.15) is 0 Å². The van der Waals surface area contributed by atoms with Crippen molar-refractivity contribution in [1.29, 1.82) is 0 Å². The number of hydrogen-bond acceptors (Lipinski definition) is 3. The van der Waals surface area contributed by atoms with Crippen LogP contribution >= 0.6 is 0 Å². The van der Waals surface area contributed by atoms with Crippen LogP contribution in [0, 0.1) is 0 Å². The van der Waals surface area contributed by atoms with Gasteiger partial charge in [-0.2, -0.15) is 0 Å². The Kier molecular flexibility index (Phi) is 19.5. The highest BCUT2D eigenvalue weighted by atomic mass is 15.4. The molecule has 0 aromatic heterocycles. The minimum Gasteiger partial charge on any atom is -0.344 e. The molecule has 0 fully saturated rings. The van der Waals surface area contributed by atoms with E-state index in [-0.39, 0.29) is 6.15 Å². The standard InChI is InChI=1S/H4N4.H3N/c1-3-4-2;/h(H2,1,4)(H2,2,3);1H3. The topological polar surface area (TPSA) is 112 Å². The third-order valence-corrected chi connectivity index (χ3v) is 0.0667. The maximum Gasteiger partial charge on any atom is -0.0594 e. The van der Waals surface area contributed by atoms with E-state index in [1.165, 1.54) is 0 Å². The lowest BCUT2D eigenvalue weighted by molar-refractivity contribution is 0.956. The van der Waals surface area contributed by atoms with Crippen molar-refractivity contribution in [2.75, 3.05) is 0 Å². The maximum absolute atomic E-state index is 4.36. The van der Waals surface area contributed by atoms with Crippen molar-refractivity contribution in [3.63, 3.8) is 0 Å². The summed E-state index contributed by atoms with van der Waals surface area (Å²) in [4.78, 5) is 0. The Hall–Kier alpha value is -0.840. The lowest BCUT2D eigenvalue weighted by Gasteiger charge is -1.56. The zero-order chi connectivity index (χ0) is 3.41. The Morgan fingerprint density at radius 1 is 1.00 bits per heavy atom. The van der Waals surface area contributed by atoms with Crippen molar-refractivity contribution in [2.24, 2.45) is 22.1 Å². The molecule has 0 bridgehead atoms. The molecule has 0 aliphatic carbocycles. The van der Waals surface area contributed by atoms with Crippen LogP contribution in [0.3, 0.4) is 0 Å². The molecule has 0 saturated heterocycles. The molecule has 0 heterocycles. The number of hydrogen-bond donors (Lipinski definition) is 3. The first kappa shape index (κ1) is 8.90. The van der Waals surface area contributed by atoms with E-state index in [1.54, 1.807) is 0 Å². The van der Waals surface area contributed by atoms with Gasteiger partial charge in [0.15, 0.2) is 0 Å². The average Bonchev–Trinajstić information content (AvgIpc) is 1.37. The number of nitrogens with two attached hydrogens (primary N) is 2. The predicted molar refractivity (Wildman–Crippen MR) is 18.3 cm³/mol. The average molecular weight is 77.1 g/mol. The fraction of sp³-hybridized carbons (Fsp3) is 0. The van der Waals surface area contributed by atoms with Crippen LogP contribution < -0.4 is 17.8 Å². The van der Waals surface area contributed by atoms with Crippen LogP contribution in [0.15, 0.2) is 10.4 Å². The van der Waals surface area contributed by atoms with Crippen LogP contribution in [0.4, 0.5) is 0 Å². The van der Waals surface area contributed by atoms with E-state index in [0.29, 0.717) is 0 Å². The Labute approximate surface area is 29.6 Å². The first-order chi connectivity index (χ1) is 1.91. The molecule has 0 aromatic carbocycles. The monoisotopic (exact) mass is 77.1 g/mol. The molecule has 0 amide bonds. The lowest BCUT2D eigenvalue weighted by Crippen LogP contribution is -1.80. The summed E-state index contributed by atoms with van der Waals surface area (Å²) in [6.07, 6.45) is 0. The fourth-order valence-electron chi connectivity index (χ4n) is 0. The van der Waals surface area contributed by atoms with Crippen LogP contribution in [0.25, 0.3) is 0 Å². The van der Waals surface area contributed by atoms with Gasteiger partial charge in [-0.1, -0.05) is 10.4 Å². The van der Waals surface area contributed by atoms with Crippen molar-refractivity contribution < 1.29 is 0 Å². The van der Waals surface area contributed by atoms with Crippen molar-refractivity contribution in [2.45, 2.75) is 0 Å². The molecule has 0 saturated carbocycles. The first-order valence-electron chi connectivity index (χ1n) is 0.716. The number of nitrogens with zero attached hydrogens (tertiary/aromatic N) is 2. The Bertz CT molecular complexity index is 15.2. The van der Waals surface area contributed by atoms with Gasteiger partial charge in [-0.25, -0.2) is 0 Å². The van der Waals surface area contributed by atoms with Crippen molar-refractivity contribution in [3.8, 4) is 0 Å². The first-order valence-corrected chi connectivity index (χ1v) is 0.716. The van der Waals surface area contributed by atoms with Crippen LogP contribution in [0.2, 0.25) is 0 Å².